The summed E-state index contributed by atoms with van der Waals surface area (Å²) >= 11 is 1.17. The second kappa shape index (κ2) is 10.2. The molecule has 5 N–H and O–H groups in total. The van der Waals surface area contributed by atoms with Crippen molar-refractivity contribution in [1.29, 1.82) is 5.41 Å². The summed E-state index contributed by atoms with van der Waals surface area (Å²) in [6.45, 7) is 3.14. The lowest BCUT2D eigenvalue weighted by molar-refractivity contribution is 0.425. The summed E-state index contributed by atoms with van der Waals surface area (Å²) in [6.07, 6.45) is 2.72. The third kappa shape index (κ3) is 5.89. The minimum Gasteiger partial charge on any atom is -0.383 e. The highest BCUT2D eigenvalue weighted by Gasteiger charge is 2.15. The Balaban J connectivity index is 1.79. The zero-order valence-electron chi connectivity index (χ0n) is 17.6. The molecular weight excluding hydrogens is 415 g/mol. The molecule has 2 aromatic heterocycles. The molecule has 0 saturated carbocycles. The Hall–Kier alpha value is -3.24. The van der Waals surface area contributed by atoms with E-state index in [1.54, 1.807) is 19.2 Å². The molecular formula is C21H25FN8S. The van der Waals surface area contributed by atoms with Gasteiger partial charge < -0.3 is 26.1 Å². The van der Waals surface area contributed by atoms with Gasteiger partial charge in [-0.2, -0.15) is 0 Å². The number of nitrogens with two attached hydrogens (primary N) is 1. The average Bonchev–Trinajstić information content (AvgIpc) is 2.72. The van der Waals surface area contributed by atoms with Gasteiger partial charge in [-0.25, -0.2) is 14.4 Å². The lowest BCUT2D eigenvalue weighted by Gasteiger charge is -2.16. The third-order valence-corrected chi connectivity index (χ3v) is 5.21. The van der Waals surface area contributed by atoms with Crippen LogP contribution in [0.3, 0.4) is 0 Å². The molecule has 0 atom stereocenters. The van der Waals surface area contributed by atoms with E-state index in [-0.39, 0.29) is 11.6 Å². The molecule has 0 saturated heterocycles. The monoisotopic (exact) mass is 440 g/mol. The Morgan fingerprint density at radius 3 is 2.58 bits per heavy atom. The first-order valence-electron chi connectivity index (χ1n) is 9.59. The van der Waals surface area contributed by atoms with E-state index in [9.17, 15) is 4.39 Å². The quantitative estimate of drug-likeness (QED) is 0.294. The van der Waals surface area contributed by atoms with E-state index in [4.69, 9.17) is 11.1 Å². The van der Waals surface area contributed by atoms with Crippen LogP contribution in [0.1, 0.15) is 12.5 Å². The molecule has 0 unspecified atom stereocenters. The summed E-state index contributed by atoms with van der Waals surface area (Å²) in [7, 11) is 3.97. The smallest absolute Gasteiger partial charge is 0.163 e. The van der Waals surface area contributed by atoms with Gasteiger partial charge in [0.15, 0.2) is 11.6 Å². The van der Waals surface area contributed by atoms with E-state index < -0.39 is 0 Å². The number of nitrogen functional groups attached to an aromatic ring is 1. The summed E-state index contributed by atoms with van der Waals surface area (Å²) in [5.41, 5.74) is 8.54. The Morgan fingerprint density at radius 1 is 1.19 bits per heavy atom. The zero-order valence-corrected chi connectivity index (χ0v) is 18.4. The van der Waals surface area contributed by atoms with Crippen molar-refractivity contribution in [3.05, 3.63) is 54.1 Å². The largest absolute Gasteiger partial charge is 0.383 e. The van der Waals surface area contributed by atoms with Gasteiger partial charge in [-0.05, 0) is 63.3 Å². The highest BCUT2D eigenvalue weighted by molar-refractivity contribution is 8.00. The number of hydrogen-bond acceptors (Lipinski definition) is 9. The van der Waals surface area contributed by atoms with Crippen LogP contribution >= 0.6 is 11.9 Å². The third-order valence-electron chi connectivity index (χ3n) is 4.32. The normalized spacial score (nSPS) is 10.9. The van der Waals surface area contributed by atoms with Crippen LogP contribution in [-0.2, 0) is 0 Å². The molecule has 0 radical (unpaired) electrons. The van der Waals surface area contributed by atoms with E-state index in [0.717, 1.165) is 17.8 Å². The van der Waals surface area contributed by atoms with Crippen molar-refractivity contribution in [3.8, 4) is 11.4 Å². The van der Waals surface area contributed by atoms with Crippen LogP contribution in [0.15, 0.2) is 47.6 Å². The van der Waals surface area contributed by atoms with Crippen molar-refractivity contribution < 1.29 is 4.39 Å². The Kier molecular flexibility index (Phi) is 7.37. The van der Waals surface area contributed by atoms with E-state index in [0.29, 0.717) is 34.4 Å². The summed E-state index contributed by atoms with van der Waals surface area (Å²) in [6, 6.07) is 9.05. The maximum atomic E-state index is 13.7. The molecule has 0 fully saturated rings. The Morgan fingerprint density at radius 2 is 1.94 bits per heavy atom. The molecule has 1 aromatic carbocycles. The van der Waals surface area contributed by atoms with Crippen molar-refractivity contribution in [2.24, 2.45) is 0 Å². The van der Waals surface area contributed by atoms with Gasteiger partial charge in [-0.15, -0.1) is 0 Å². The van der Waals surface area contributed by atoms with Crippen LogP contribution in [0, 0.1) is 11.2 Å². The maximum absolute atomic E-state index is 13.7. The molecule has 162 valence electrons. The second-order valence-corrected chi connectivity index (χ2v) is 7.95. The van der Waals surface area contributed by atoms with Gasteiger partial charge in [0.05, 0.1) is 16.7 Å². The first kappa shape index (κ1) is 22.4. The van der Waals surface area contributed by atoms with Crippen LogP contribution in [-0.4, -0.2) is 52.7 Å². The molecule has 2 heterocycles. The Labute approximate surface area is 185 Å². The summed E-state index contributed by atoms with van der Waals surface area (Å²) in [4.78, 5) is 15.3. The number of anilines is 3. The van der Waals surface area contributed by atoms with E-state index in [1.165, 1.54) is 18.1 Å². The molecule has 0 aliphatic heterocycles. The fourth-order valence-electron chi connectivity index (χ4n) is 2.75. The minimum atomic E-state index is -0.378. The molecule has 10 heteroatoms. The number of rotatable bonds is 9. The van der Waals surface area contributed by atoms with Crippen LogP contribution < -0.4 is 15.8 Å². The number of halogens is 1. The van der Waals surface area contributed by atoms with Gasteiger partial charge in [-0.3, -0.25) is 4.98 Å². The first-order valence-corrected chi connectivity index (χ1v) is 10.4. The summed E-state index contributed by atoms with van der Waals surface area (Å²) < 4.78 is 16.8. The van der Waals surface area contributed by atoms with Crippen molar-refractivity contribution >= 4 is 35.0 Å². The van der Waals surface area contributed by atoms with Crippen LogP contribution in [0.25, 0.3) is 11.4 Å². The fraction of sp³-hybridized carbons (Fsp3) is 0.238. The number of nitrogens with one attached hydrogen (secondary N) is 3. The van der Waals surface area contributed by atoms with Gasteiger partial charge in [0, 0.05) is 36.2 Å². The minimum absolute atomic E-state index is 0.260. The predicted molar refractivity (Wildman–Crippen MR) is 125 cm³/mol. The lowest BCUT2D eigenvalue weighted by Crippen LogP contribution is -2.22. The number of aromatic nitrogens is 3. The molecule has 8 nitrogen and oxygen atoms in total. The first-order chi connectivity index (χ1) is 14.8. The maximum Gasteiger partial charge on any atom is 0.163 e. The summed E-state index contributed by atoms with van der Waals surface area (Å²) in [5.74, 6) is 0.893. The van der Waals surface area contributed by atoms with E-state index in [2.05, 4.69) is 29.9 Å². The van der Waals surface area contributed by atoms with Crippen LogP contribution in [0.2, 0.25) is 0 Å². The molecule has 31 heavy (non-hydrogen) atoms. The van der Waals surface area contributed by atoms with Crippen molar-refractivity contribution in [2.45, 2.75) is 11.8 Å². The van der Waals surface area contributed by atoms with E-state index in [1.807, 2.05) is 38.4 Å². The van der Waals surface area contributed by atoms with Crippen LogP contribution in [0.5, 0.6) is 0 Å². The van der Waals surface area contributed by atoms with E-state index >= 15 is 0 Å². The number of nitrogens with zero attached hydrogens (tertiary/aromatic N) is 4. The average molecular weight is 441 g/mol. The van der Waals surface area contributed by atoms with Crippen molar-refractivity contribution in [1.82, 2.24) is 19.9 Å². The standard InChI is InChI=1S/C21H25FN8S/c1-13(23)18-19(24)27-20(28-21(18)26-10-11-30(2)3)14-4-6-15(7-5-14)29-31-17-8-9-25-12-16(17)22/h4-9,12,23,29H,10-11H2,1-3H3,(H3,24,26,27,28). The number of benzene rings is 1. The van der Waals surface area contributed by atoms with Gasteiger partial charge in [-0.1, -0.05) is 0 Å². The number of hydrogen-bond donors (Lipinski definition) is 4. The molecule has 0 spiro atoms. The molecule has 0 aliphatic carbocycles. The molecule has 0 bridgehead atoms. The summed E-state index contributed by atoms with van der Waals surface area (Å²) in [5, 5.41) is 11.3. The van der Waals surface area contributed by atoms with Crippen LogP contribution in [0.4, 0.5) is 21.7 Å². The molecule has 3 rings (SSSR count). The van der Waals surface area contributed by atoms with Gasteiger partial charge >= 0.3 is 0 Å². The predicted octanol–water partition coefficient (Wildman–Crippen LogP) is 3.74. The van der Waals surface area contributed by atoms with Gasteiger partial charge in [0.25, 0.3) is 0 Å². The molecule has 0 amide bonds. The van der Waals surface area contributed by atoms with Crippen molar-refractivity contribution in [3.63, 3.8) is 0 Å². The number of pyridine rings is 1. The topological polar surface area (TPSA) is 116 Å². The fourth-order valence-corrected chi connectivity index (χ4v) is 3.39. The van der Waals surface area contributed by atoms with Crippen molar-refractivity contribution in [2.75, 3.05) is 43.0 Å². The van der Waals surface area contributed by atoms with Gasteiger partial charge in [0.2, 0.25) is 0 Å². The SMILES string of the molecule is CC(=N)c1c(N)nc(-c2ccc(NSc3ccncc3F)cc2)nc1NCCN(C)C. The highest BCUT2D eigenvalue weighted by Crippen LogP contribution is 2.27. The Bertz CT molecular complexity index is 1060. The second-order valence-electron chi connectivity index (χ2n) is 7.10. The lowest BCUT2D eigenvalue weighted by atomic mass is 10.1. The molecule has 0 aliphatic rings. The zero-order chi connectivity index (χ0) is 22.4. The highest BCUT2D eigenvalue weighted by atomic mass is 32.2. The number of likely N-dealkylation sites (N-methyl/N-ethyl adjacent to an activating group) is 1. The molecule has 3 aromatic rings. The van der Waals surface area contributed by atoms with Gasteiger partial charge in [0.1, 0.15) is 11.6 Å².